The maximum absolute atomic E-state index is 13.7. The number of hydrogen-bond donors (Lipinski definition) is 1. The highest BCUT2D eigenvalue weighted by molar-refractivity contribution is 5.95. The van der Waals surface area contributed by atoms with Crippen molar-refractivity contribution in [2.45, 2.75) is 25.8 Å². The molecule has 4 nitrogen and oxygen atoms in total. The fourth-order valence-electron chi connectivity index (χ4n) is 2.89. The van der Waals surface area contributed by atoms with Crippen LogP contribution in [0.2, 0.25) is 0 Å². The van der Waals surface area contributed by atoms with E-state index in [1.165, 1.54) is 19.1 Å². The smallest absolute Gasteiger partial charge is 0.348 e. The summed E-state index contributed by atoms with van der Waals surface area (Å²) in [5.41, 5.74) is -3.30. The lowest BCUT2D eigenvalue weighted by atomic mass is 10.1. The van der Waals surface area contributed by atoms with Crippen molar-refractivity contribution in [3.05, 3.63) is 82.4 Å². The molecule has 0 saturated carbocycles. The Balaban J connectivity index is 1.94. The van der Waals surface area contributed by atoms with E-state index >= 15 is 0 Å². The molecular formula is C20H14F7N3O. The number of nitrogens with zero attached hydrogens (tertiary/aromatic N) is 2. The van der Waals surface area contributed by atoms with Crippen LogP contribution < -0.4 is 5.32 Å². The van der Waals surface area contributed by atoms with Crippen molar-refractivity contribution in [3.63, 3.8) is 0 Å². The molecule has 0 spiro atoms. The van der Waals surface area contributed by atoms with Crippen LogP contribution in [-0.4, -0.2) is 15.7 Å². The number of carbonyl (C=O) groups is 1. The summed E-state index contributed by atoms with van der Waals surface area (Å²) in [5.74, 6) is -1.61. The molecule has 1 N–H and O–H groups in total. The molecule has 164 valence electrons. The van der Waals surface area contributed by atoms with Crippen LogP contribution in [0.25, 0.3) is 5.69 Å². The lowest BCUT2D eigenvalue weighted by molar-refractivity contribution is -0.143. The van der Waals surface area contributed by atoms with E-state index in [-0.39, 0.29) is 11.2 Å². The first-order valence-corrected chi connectivity index (χ1v) is 8.74. The van der Waals surface area contributed by atoms with Crippen LogP contribution in [0.3, 0.4) is 0 Å². The molecule has 0 aliphatic rings. The number of carbonyl (C=O) groups excluding carboxylic acids is 1. The molecule has 0 atom stereocenters. The molecule has 1 amide bonds. The van der Waals surface area contributed by atoms with Gasteiger partial charge in [0.1, 0.15) is 5.82 Å². The summed E-state index contributed by atoms with van der Waals surface area (Å²) in [6.07, 6.45) is -9.22. The minimum atomic E-state index is -5.08. The molecule has 0 saturated heterocycles. The predicted octanol–water partition coefficient (Wildman–Crippen LogP) is 5.29. The topological polar surface area (TPSA) is 46.9 Å². The lowest BCUT2D eigenvalue weighted by Gasteiger charge is -2.14. The number of nitrogens with one attached hydrogen (secondary N) is 1. The first-order valence-electron chi connectivity index (χ1n) is 8.74. The van der Waals surface area contributed by atoms with Gasteiger partial charge in [-0.3, -0.25) is 4.79 Å². The highest BCUT2D eigenvalue weighted by Crippen LogP contribution is 2.35. The van der Waals surface area contributed by atoms with Crippen LogP contribution in [0.5, 0.6) is 0 Å². The second kappa shape index (κ2) is 8.05. The SMILES string of the molecule is Cc1cc(CNC(=O)c2cnn(-c3cccc(C(F)(F)F)c3)c2C(F)(F)F)ccc1F. The number of halogens is 7. The van der Waals surface area contributed by atoms with Gasteiger partial charge >= 0.3 is 12.4 Å². The van der Waals surface area contributed by atoms with Gasteiger partial charge in [-0.15, -0.1) is 0 Å². The van der Waals surface area contributed by atoms with E-state index in [9.17, 15) is 35.5 Å². The summed E-state index contributed by atoms with van der Waals surface area (Å²) in [7, 11) is 0. The summed E-state index contributed by atoms with van der Waals surface area (Å²) in [4.78, 5) is 12.4. The highest BCUT2D eigenvalue weighted by Gasteiger charge is 2.41. The van der Waals surface area contributed by atoms with Gasteiger partial charge in [0, 0.05) is 6.54 Å². The fraction of sp³-hybridized carbons (Fsp3) is 0.200. The molecule has 0 radical (unpaired) electrons. The predicted molar refractivity (Wildman–Crippen MR) is 95.9 cm³/mol. The monoisotopic (exact) mass is 445 g/mol. The minimum absolute atomic E-state index is 0.189. The molecule has 0 aliphatic heterocycles. The van der Waals surface area contributed by atoms with Crippen molar-refractivity contribution in [2.75, 3.05) is 0 Å². The average Bonchev–Trinajstić information content (AvgIpc) is 3.14. The van der Waals surface area contributed by atoms with Crippen LogP contribution >= 0.6 is 0 Å². The summed E-state index contributed by atoms with van der Waals surface area (Å²) in [5, 5.41) is 5.78. The Morgan fingerprint density at radius 3 is 2.35 bits per heavy atom. The van der Waals surface area contributed by atoms with Crippen LogP contribution in [-0.2, 0) is 18.9 Å². The molecule has 3 aromatic rings. The number of benzene rings is 2. The zero-order valence-corrected chi connectivity index (χ0v) is 15.8. The van der Waals surface area contributed by atoms with Gasteiger partial charge in [0.2, 0.25) is 0 Å². The Labute approximate surface area is 171 Å². The second-order valence-electron chi connectivity index (χ2n) is 6.63. The van der Waals surface area contributed by atoms with Crippen molar-refractivity contribution in [1.29, 1.82) is 0 Å². The molecule has 0 unspecified atom stereocenters. The van der Waals surface area contributed by atoms with Gasteiger partial charge in [0.15, 0.2) is 5.69 Å². The first-order chi connectivity index (χ1) is 14.4. The molecule has 1 heterocycles. The standard InChI is InChI=1S/C20H14F7N3O/c1-11-7-12(5-6-16(11)21)9-28-18(31)15-10-29-30(17(15)20(25,26)27)14-4-2-3-13(8-14)19(22,23)24/h2-8,10H,9H2,1H3,(H,28,31). The molecule has 3 rings (SSSR count). The zero-order chi connectivity index (χ0) is 23.0. The highest BCUT2D eigenvalue weighted by atomic mass is 19.4. The minimum Gasteiger partial charge on any atom is -0.348 e. The van der Waals surface area contributed by atoms with Gasteiger partial charge in [-0.25, -0.2) is 9.07 Å². The van der Waals surface area contributed by atoms with E-state index < -0.39 is 46.6 Å². The maximum Gasteiger partial charge on any atom is 0.434 e. The van der Waals surface area contributed by atoms with Crippen molar-refractivity contribution < 1.29 is 35.5 Å². The van der Waals surface area contributed by atoms with E-state index in [0.29, 0.717) is 29.5 Å². The van der Waals surface area contributed by atoms with E-state index in [2.05, 4.69) is 10.4 Å². The third kappa shape index (κ3) is 4.86. The molecule has 0 fully saturated rings. The summed E-state index contributed by atoms with van der Waals surface area (Å²) < 4.78 is 93.4. The lowest BCUT2D eigenvalue weighted by Crippen LogP contribution is -2.26. The molecular weight excluding hydrogens is 431 g/mol. The average molecular weight is 445 g/mol. The van der Waals surface area contributed by atoms with Crippen molar-refractivity contribution >= 4 is 5.91 Å². The third-order valence-electron chi connectivity index (χ3n) is 4.38. The molecule has 11 heteroatoms. The van der Waals surface area contributed by atoms with Crippen LogP contribution in [0.15, 0.2) is 48.7 Å². The van der Waals surface area contributed by atoms with Gasteiger partial charge in [0.25, 0.3) is 5.91 Å². The maximum atomic E-state index is 13.7. The van der Waals surface area contributed by atoms with Crippen molar-refractivity contribution in [3.8, 4) is 5.69 Å². The molecule has 0 aliphatic carbocycles. The largest absolute Gasteiger partial charge is 0.434 e. The van der Waals surface area contributed by atoms with Crippen molar-refractivity contribution in [2.24, 2.45) is 0 Å². The Morgan fingerprint density at radius 1 is 1.03 bits per heavy atom. The first kappa shape index (κ1) is 22.3. The Kier molecular flexibility index (Phi) is 5.79. The molecule has 0 bridgehead atoms. The summed E-state index contributed by atoms with van der Waals surface area (Å²) in [6.45, 7) is 1.30. The summed E-state index contributed by atoms with van der Waals surface area (Å²) in [6, 6.07) is 7.11. The Morgan fingerprint density at radius 2 is 1.74 bits per heavy atom. The zero-order valence-electron chi connectivity index (χ0n) is 15.8. The fourth-order valence-corrected chi connectivity index (χ4v) is 2.89. The third-order valence-corrected chi connectivity index (χ3v) is 4.38. The number of alkyl halides is 6. The quantitative estimate of drug-likeness (QED) is 0.555. The summed E-state index contributed by atoms with van der Waals surface area (Å²) >= 11 is 0. The van der Waals surface area contributed by atoms with Gasteiger partial charge in [0.05, 0.1) is 23.0 Å². The molecule has 1 aromatic heterocycles. The number of aromatic nitrogens is 2. The van der Waals surface area contributed by atoms with E-state index in [1.54, 1.807) is 0 Å². The van der Waals surface area contributed by atoms with Gasteiger partial charge in [-0.1, -0.05) is 18.2 Å². The van der Waals surface area contributed by atoms with E-state index in [1.807, 2.05) is 0 Å². The number of amides is 1. The van der Waals surface area contributed by atoms with E-state index in [0.717, 1.165) is 18.2 Å². The van der Waals surface area contributed by atoms with Crippen LogP contribution in [0.1, 0.15) is 32.7 Å². The van der Waals surface area contributed by atoms with Gasteiger partial charge in [-0.05, 0) is 42.3 Å². The van der Waals surface area contributed by atoms with Crippen LogP contribution in [0.4, 0.5) is 30.7 Å². The Hall–Kier alpha value is -3.37. The number of hydrogen-bond acceptors (Lipinski definition) is 2. The number of rotatable bonds is 4. The van der Waals surface area contributed by atoms with E-state index in [4.69, 9.17) is 0 Å². The van der Waals surface area contributed by atoms with Gasteiger partial charge < -0.3 is 5.32 Å². The Bertz CT molecular complexity index is 1120. The van der Waals surface area contributed by atoms with Crippen LogP contribution in [0, 0.1) is 12.7 Å². The second-order valence-corrected chi connectivity index (χ2v) is 6.63. The molecule has 31 heavy (non-hydrogen) atoms. The van der Waals surface area contributed by atoms with Crippen molar-refractivity contribution in [1.82, 2.24) is 15.1 Å². The normalized spacial score (nSPS) is 12.1. The van der Waals surface area contributed by atoms with Gasteiger partial charge in [-0.2, -0.15) is 31.4 Å². The molecule has 2 aromatic carbocycles. The number of aryl methyl sites for hydroxylation is 1.